The van der Waals surface area contributed by atoms with Crippen LogP contribution in [0.5, 0.6) is 0 Å². The molecular formula is C18H23ClN4O2. The highest BCUT2D eigenvalue weighted by molar-refractivity contribution is 6.30. The van der Waals surface area contributed by atoms with E-state index in [1.165, 1.54) is 0 Å². The summed E-state index contributed by atoms with van der Waals surface area (Å²) in [6.45, 7) is 4.75. The predicted molar refractivity (Wildman–Crippen MR) is 96.3 cm³/mol. The number of nitrogens with zero attached hydrogens (tertiary/aromatic N) is 3. The zero-order chi connectivity index (χ0) is 17.6. The zero-order valence-electron chi connectivity index (χ0n) is 14.4. The molecule has 1 aromatic heterocycles. The highest BCUT2D eigenvalue weighted by Crippen LogP contribution is 2.19. The number of aromatic nitrogens is 2. The summed E-state index contributed by atoms with van der Waals surface area (Å²) in [5.74, 6) is 1.16. The summed E-state index contributed by atoms with van der Waals surface area (Å²) >= 11 is 5.89. The lowest BCUT2D eigenvalue weighted by molar-refractivity contribution is -0.133. The van der Waals surface area contributed by atoms with Crippen molar-refractivity contribution in [3.63, 3.8) is 0 Å². The maximum atomic E-state index is 12.6. The first-order chi connectivity index (χ1) is 12.2. The van der Waals surface area contributed by atoms with Gasteiger partial charge in [0.1, 0.15) is 0 Å². The number of nitrogens with one attached hydrogen (secondary N) is 1. The van der Waals surface area contributed by atoms with Crippen LogP contribution < -0.4 is 5.32 Å². The fourth-order valence-corrected chi connectivity index (χ4v) is 3.21. The van der Waals surface area contributed by atoms with Gasteiger partial charge >= 0.3 is 0 Å². The number of halogens is 1. The van der Waals surface area contributed by atoms with Gasteiger partial charge in [-0.1, -0.05) is 23.7 Å². The van der Waals surface area contributed by atoms with Crippen LogP contribution in [0.4, 0.5) is 0 Å². The van der Waals surface area contributed by atoms with Crippen LogP contribution in [0, 0.1) is 0 Å². The normalized spacial score (nSPS) is 17.0. The summed E-state index contributed by atoms with van der Waals surface area (Å²) in [7, 11) is 0. The molecule has 0 bridgehead atoms. The van der Waals surface area contributed by atoms with Crippen molar-refractivity contribution in [3.05, 3.63) is 35.2 Å². The monoisotopic (exact) mass is 362 g/mol. The van der Waals surface area contributed by atoms with Crippen molar-refractivity contribution in [1.29, 1.82) is 0 Å². The third-order valence-corrected chi connectivity index (χ3v) is 4.64. The van der Waals surface area contributed by atoms with Crippen LogP contribution in [0.25, 0.3) is 11.4 Å². The maximum Gasteiger partial charge on any atom is 0.227 e. The van der Waals surface area contributed by atoms with Gasteiger partial charge < -0.3 is 14.7 Å². The van der Waals surface area contributed by atoms with E-state index in [9.17, 15) is 4.79 Å². The Kier molecular flexibility index (Phi) is 6.04. The van der Waals surface area contributed by atoms with Gasteiger partial charge in [-0.25, -0.2) is 0 Å². The molecule has 1 aromatic carbocycles. The van der Waals surface area contributed by atoms with E-state index in [0.717, 1.165) is 38.0 Å². The van der Waals surface area contributed by atoms with Crippen LogP contribution in [-0.4, -0.2) is 46.6 Å². The lowest BCUT2D eigenvalue weighted by Gasteiger charge is -2.28. The summed E-state index contributed by atoms with van der Waals surface area (Å²) in [6.07, 6.45) is 2.83. The molecule has 1 aliphatic heterocycles. The minimum atomic E-state index is 0.154. The largest absolute Gasteiger partial charge is 0.339 e. The number of aryl methyl sites for hydroxylation is 1. The molecule has 1 unspecified atom stereocenters. The standard InChI is InChI=1S/C18H23ClN4O2/c1-2-11-23(15-9-10-20-12-15)17(24)8-7-16-21-18(22-25-16)13-3-5-14(19)6-4-13/h3-6,15,20H,2,7-12H2,1H3. The van der Waals surface area contributed by atoms with Gasteiger partial charge in [-0.05, 0) is 43.7 Å². The topological polar surface area (TPSA) is 71.3 Å². The molecule has 7 heteroatoms. The minimum absolute atomic E-state index is 0.154. The van der Waals surface area contributed by atoms with Crippen molar-refractivity contribution in [1.82, 2.24) is 20.4 Å². The van der Waals surface area contributed by atoms with E-state index in [0.29, 0.717) is 35.6 Å². The average Bonchev–Trinajstić information content (AvgIpc) is 3.30. The number of carbonyl (C=O) groups is 1. The Morgan fingerprint density at radius 3 is 2.88 bits per heavy atom. The van der Waals surface area contributed by atoms with Crippen molar-refractivity contribution < 1.29 is 9.32 Å². The van der Waals surface area contributed by atoms with Crippen LogP contribution >= 0.6 is 11.6 Å². The molecular weight excluding hydrogens is 340 g/mol. The van der Waals surface area contributed by atoms with E-state index < -0.39 is 0 Å². The molecule has 0 radical (unpaired) electrons. The van der Waals surface area contributed by atoms with Crippen molar-refractivity contribution in [2.75, 3.05) is 19.6 Å². The maximum absolute atomic E-state index is 12.6. The summed E-state index contributed by atoms with van der Waals surface area (Å²) in [6, 6.07) is 7.57. The second-order valence-electron chi connectivity index (χ2n) is 6.25. The van der Waals surface area contributed by atoms with Gasteiger partial charge in [-0.2, -0.15) is 4.98 Å². The van der Waals surface area contributed by atoms with Crippen molar-refractivity contribution >= 4 is 17.5 Å². The molecule has 1 saturated heterocycles. The number of rotatable bonds is 7. The van der Waals surface area contributed by atoms with Crippen LogP contribution in [-0.2, 0) is 11.2 Å². The highest BCUT2D eigenvalue weighted by Gasteiger charge is 2.25. The SMILES string of the molecule is CCCN(C(=O)CCc1nc(-c2ccc(Cl)cc2)no1)C1CCNC1. The van der Waals surface area contributed by atoms with E-state index in [1.807, 2.05) is 17.0 Å². The Bertz CT molecular complexity index is 695. The minimum Gasteiger partial charge on any atom is -0.339 e. The average molecular weight is 363 g/mol. The molecule has 0 spiro atoms. The smallest absolute Gasteiger partial charge is 0.227 e. The van der Waals surface area contributed by atoms with Crippen LogP contribution in [0.3, 0.4) is 0 Å². The number of hydrogen-bond acceptors (Lipinski definition) is 5. The summed E-state index contributed by atoms with van der Waals surface area (Å²) in [4.78, 5) is 19.0. The van der Waals surface area contributed by atoms with Crippen molar-refractivity contribution in [2.24, 2.45) is 0 Å². The Morgan fingerprint density at radius 2 is 2.20 bits per heavy atom. The lowest BCUT2D eigenvalue weighted by Crippen LogP contribution is -2.42. The summed E-state index contributed by atoms with van der Waals surface area (Å²) in [5, 5.41) is 7.97. The Morgan fingerprint density at radius 1 is 1.40 bits per heavy atom. The molecule has 1 aliphatic rings. The molecule has 134 valence electrons. The van der Waals surface area contributed by atoms with Gasteiger partial charge in [0.2, 0.25) is 17.6 Å². The van der Waals surface area contributed by atoms with Gasteiger partial charge in [0.25, 0.3) is 0 Å². The van der Waals surface area contributed by atoms with Gasteiger partial charge in [0.05, 0.1) is 0 Å². The Labute approximate surface area is 152 Å². The fraction of sp³-hybridized carbons (Fsp3) is 0.500. The third kappa shape index (κ3) is 4.58. The number of hydrogen-bond donors (Lipinski definition) is 1. The molecule has 6 nitrogen and oxygen atoms in total. The van der Waals surface area contributed by atoms with E-state index in [-0.39, 0.29) is 5.91 Å². The zero-order valence-corrected chi connectivity index (χ0v) is 15.1. The van der Waals surface area contributed by atoms with Gasteiger partial charge in [0, 0.05) is 42.6 Å². The number of benzene rings is 1. The Hall–Kier alpha value is -1.92. The van der Waals surface area contributed by atoms with E-state index in [4.69, 9.17) is 16.1 Å². The third-order valence-electron chi connectivity index (χ3n) is 4.38. The lowest BCUT2D eigenvalue weighted by atomic mass is 10.1. The first kappa shape index (κ1) is 17.9. The van der Waals surface area contributed by atoms with Crippen molar-refractivity contribution in [2.45, 2.75) is 38.6 Å². The molecule has 0 aliphatic carbocycles. The van der Waals surface area contributed by atoms with E-state index >= 15 is 0 Å². The second kappa shape index (κ2) is 8.45. The molecule has 1 N–H and O–H groups in total. The van der Waals surface area contributed by atoms with E-state index in [1.54, 1.807) is 12.1 Å². The first-order valence-electron chi connectivity index (χ1n) is 8.76. The van der Waals surface area contributed by atoms with Crippen LogP contribution in [0.2, 0.25) is 5.02 Å². The molecule has 1 amide bonds. The second-order valence-corrected chi connectivity index (χ2v) is 6.69. The van der Waals surface area contributed by atoms with Crippen LogP contribution in [0.15, 0.2) is 28.8 Å². The highest BCUT2D eigenvalue weighted by atomic mass is 35.5. The first-order valence-corrected chi connectivity index (χ1v) is 9.14. The molecule has 1 fully saturated rings. The number of amides is 1. The quantitative estimate of drug-likeness (QED) is 0.820. The number of carbonyl (C=O) groups excluding carboxylic acids is 1. The summed E-state index contributed by atoms with van der Waals surface area (Å²) in [5.41, 5.74) is 0.843. The molecule has 0 saturated carbocycles. The van der Waals surface area contributed by atoms with Crippen molar-refractivity contribution in [3.8, 4) is 11.4 Å². The fourth-order valence-electron chi connectivity index (χ4n) is 3.09. The Balaban J connectivity index is 1.59. The molecule has 3 rings (SSSR count). The molecule has 25 heavy (non-hydrogen) atoms. The van der Waals surface area contributed by atoms with Crippen LogP contribution in [0.1, 0.15) is 32.1 Å². The predicted octanol–water partition coefficient (Wildman–Crippen LogP) is 2.92. The molecule has 2 heterocycles. The summed E-state index contributed by atoms with van der Waals surface area (Å²) < 4.78 is 5.29. The molecule has 2 aromatic rings. The molecule has 1 atom stereocenters. The van der Waals surface area contributed by atoms with Gasteiger partial charge in [-0.15, -0.1) is 0 Å². The van der Waals surface area contributed by atoms with Gasteiger partial charge in [0.15, 0.2) is 0 Å². The van der Waals surface area contributed by atoms with Gasteiger partial charge in [-0.3, -0.25) is 4.79 Å². The van der Waals surface area contributed by atoms with E-state index in [2.05, 4.69) is 22.4 Å².